The minimum Gasteiger partial charge on any atom is -0.373 e. The maximum atomic E-state index is 5.64. The highest BCUT2D eigenvalue weighted by molar-refractivity contribution is 5.46. The fraction of sp³-hybridized carbons (Fsp3) is 0.692. The van der Waals surface area contributed by atoms with Crippen molar-refractivity contribution >= 4 is 5.82 Å². The Labute approximate surface area is 103 Å². The second kappa shape index (κ2) is 4.61. The summed E-state index contributed by atoms with van der Waals surface area (Å²) < 4.78 is 5.64. The highest BCUT2D eigenvalue weighted by Gasteiger charge is 2.42. The topological polar surface area (TPSA) is 47.0 Å². The van der Waals surface area contributed by atoms with Crippen LogP contribution in [-0.2, 0) is 16.8 Å². The summed E-state index contributed by atoms with van der Waals surface area (Å²) in [4.78, 5) is 9.28. The van der Waals surface area contributed by atoms with Crippen LogP contribution in [-0.4, -0.2) is 24.1 Å². The van der Waals surface area contributed by atoms with E-state index in [2.05, 4.69) is 22.2 Å². The van der Waals surface area contributed by atoms with Crippen LogP contribution in [0.25, 0.3) is 0 Å². The molecule has 2 rings (SSSR count). The molecule has 0 aromatic carbocycles. The lowest BCUT2D eigenvalue weighted by molar-refractivity contribution is -0.0846. The standard InChI is InChI=1S/C13H21N3O/c1-5-10-9(2)15-12(16-11(10)14-3)13(17-4)7-6-8-13/h5-8H2,1-4H3,(H,14,15,16). The van der Waals surface area contributed by atoms with E-state index in [1.54, 1.807) is 7.11 Å². The Balaban J connectivity index is 2.46. The molecule has 1 heterocycles. The highest BCUT2D eigenvalue weighted by atomic mass is 16.5. The molecule has 0 unspecified atom stereocenters. The predicted octanol–water partition coefficient (Wildman–Crippen LogP) is 2.41. The molecule has 0 bridgehead atoms. The second-order valence-corrected chi connectivity index (χ2v) is 4.62. The molecule has 1 saturated carbocycles. The Kier molecular flexibility index (Phi) is 3.33. The molecule has 1 aliphatic carbocycles. The van der Waals surface area contributed by atoms with Crippen LogP contribution >= 0.6 is 0 Å². The van der Waals surface area contributed by atoms with Gasteiger partial charge in [0, 0.05) is 25.4 Å². The second-order valence-electron chi connectivity index (χ2n) is 4.62. The Morgan fingerprint density at radius 3 is 2.47 bits per heavy atom. The zero-order valence-electron chi connectivity index (χ0n) is 11.1. The summed E-state index contributed by atoms with van der Waals surface area (Å²) in [6.07, 6.45) is 4.19. The number of hydrogen-bond donors (Lipinski definition) is 1. The molecular weight excluding hydrogens is 214 g/mol. The molecule has 17 heavy (non-hydrogen) atoms. The quantitative estimate of drug-likeness (QED) is 0.870. The number of ether oxygens (including phenoxy) is 1. The maximum Gasteiger partial charge on any atom is 0.162 e. The molecule has 0 radical (unpaired) electrons. The van der Waals surface area contributed by atoms with Gasteiger partial charge in [0.25, 0.3) is 0 Å². The van der Waals surface area contributed by atoms with Crippen molar-refractivity contribution in [2.45, 2.75) is 45.1 Å². The molecule has 0 spiro atoms. The third-order valence-electron chi connectivity index (χ3n) is 3.76. The summed E-state index contributed by atoms with van der Waals surface area (Å²) in [7, 11) is 3.66. The van der Waals surface area contributed by atoms with Gasteiger partial charge in [-0.15, -0.1) is 0 Å². The van der Waals surface area contributed by atoms with Crippen molar-refractivity contribution in [2.75, 3.05) is 19.5 Å². The largest absolute Gasteiger partial charge is 0.373 e. The van der Waals surface area contributed by atoms with Gasteiger partial charge in [-0.1, -0.05) is 6.92 Å². The van der Waals surface area contributed by atoms with Crippen molar-refractivity contribution in [3.8, 4) is 0 Å². The highest BCUT2D eigenvalue weighted by Crippen LogP contribution is 2.43. The van der Waals surface area contributed by atoms with Gasteiger partial charge < -0.3 is 10.1 Å². The predicted molar refractivity (Wildman–Crippen MR) is 68.2 cm³/mol. The normalized spacial score (nSPS) is 17.6. The number of aromatic nitrogens is 2. The third kappa shape index (κ3) is 1.90. The van der Waals surface area contributed by atoms with E-state index in [4.69, 9.17) is 4.74 Å². The minimum absolute atomic E-state index is 0.234. The van der Waals surface area contributed by atoms with Gasteiger partial charge in [-0.2, -0.15) is 0 Å². The number of nitrogens with zero attached hydrogens (tertiary/aromatic N) is 2. The average molecular weight is 235 g/mol. The van der Waals surface area contributed by atoms with Gasteiger partial charge in [0.1, 0.15) is 11.4 Å². The number of rotatable bonds is 4. The first kappa shape index (κ1) is 12.3. The van der Waals surface area contributed by atoms with Crippen molar-refractivity contribution in [1.29, 1.82) is 0 Å². The fourth-order valence-corrected chi connectivity index (χ4v) is 2.45. The molecule has 1 aromatic rings. The minimum atomic E-state index is -0.234. The average Bonchev–Trinajstić information content (AvgIpc) is 2.27. The first-order valence-electron chi connectivity index (χ1n) is 6.27. The van der Waals surface area contributed by atoms with E-state index >= 15 is 0 Å². The molecule has 1 aromatic heterocycles. The van der Waals surface area contributed by atoms with Crippen molar-refractivity contribution in [3.63, 3.8) is 0 Å². The van der Waals surface area contributed by atoms with E-state index in [-0.39, 0.29) is 5.60 Å². The summed E-state index contributed by atoms with van der Waals surface area (Å²) in [5.41, 5.74) is 2.02. The molecule has 4 nitrogen and oxygen atoms in total. The van der Waals surface area contributed by atoms with Crippen molar-refractivity contribution in [1.82, 2.24) is 9.97 Å². The Hall–Kier alpha value is -1.16. The summed E-state index contributed by atoms with van der Waals surface area (Å²) >= 11 is 0. The van der Waals surface area contributed by atoms with Crippen LogP contribution in [0, 0.1) is 6.92 Å². The molecule has 0 saturated heterocycles. The number of nitrogens with one attached hydrogen (secondary N) is 1. The summed E-state index contributed by atoms with van der Waals surface area (Å²) in [5, 5.41) is 3.17. The van der Waals surface area contributed by atoms with Crippen molar-refractivity contribution in [3.05, 3.63) is 17.1 Å². The van der Waals surface area contributed by atoms with Crippen molar-refractivity contribution < 1.29 is 4.74 Å². The molecule has 94 valence electrons. The molecule has 1 aliphatic rings. The van der Waals surface area contributed by atoms with Gasteiger partial charge in [-0.3, -0.25) is 0 Å². The SMILES string of the molecule is CCc1c(C)nc(C2(OC)CCC2)nc1NC. The van der Waals surface area contributed by atoms with Crippen LogP contribution in [0.2, 0.25) is 0 Å². The lowest BCUT2D eigenvalue weighted by atomic mass is 9.79. The van der Waals surface area contributed by atoms with E-state index in [9.17, 15) is 0 Å². The van der Waals surface area contributed by atoms with Crippen molar-refractivity contribution in [2.24, 2.45) is 0 Å². The lowest BCUT2D eigenvalue weighted by Crippen LogP contribution is -2.38. The summed E-state index contributed by atoms with van der Waals surface area (Å²) in [6, 6.07) is 0. The van der Waals surface area contributed by atoms with Gasteiger partial charge in [0.05, 0.1) is 0 Å². The van der Waals surface area contributed by atoms with Gasteiger partial charge >= 0.3 is 0 Å². The maximum absolute atomic E-state index is 5.64. The smallest absolute Gasteiger partial charge is 0.162 e. The summed E-state index contributed by atoms with van der Waals surface area (Å²) in [5.74, 6) is 1.78. The van der Waals surface area contributed by atoms with Crippen LogP contribution in [0.1, 0.15) is 43.3 Å². The molecule has 4 heteroatoms. The molecule has 1 N–H and O–H groups in total. The van der Waals surface area contributed by atoms with E-state index < -0.39 is 0 Å². The van der Waals surface area contributed by atoms with Crippen LogP contribution in [0.15, 0.2) is 0 Å². The Morgan fingerprint density at radius 1 is 1.35 bits per heavy atom. The molecular formula is C13H21N3O. The molecule has 0 amide bonds. The van der Waals surface area contributed by atoms with Crippen LogP contribution < -0.4 is 5.32 Å². The van der Waals surface area contributed by atoms with E-state index in [0.29, 0.717) is 0 Å². The first-order valence-corrected chi connectivity index (χ1v) is 6.27. The van der Waals surface area contributed by atoms with E-state index in [1.807, 2.05) is 14.0 Å². The number of anilines is 1. The van der Waals surface area contributed by atoms with Crippen LogP contribution in [0.3, 0.4) is 0 Å². The van der Waals surface area contributed by atoms with Gasteiger partial charge in [0.15, 0.2) is 5.82 Å². The van der Waals surface area contributed by atoms with Crippen LogP contribution in [0.4, 0.5) is 5.82 Å². The van der Waals surface area contributed by atoms with Gasteiger partial charge in [0.2, 0.25) is 0 Å². The Morgan fingerprint density at radius 2 is 2.06 bits per heavy atom. The zero-order chi connectivity index (χ0) is 12.5. The number of methoxy groups -OCH3 is 1. The zero-order valence-corrected chi connectivity index (χ0v) is 11.1. The number of hydrogen-bond acceptors (Lipinski definition) is 4. The molecule has 0 aliphatic heterocycles. The molecule has 0 atom stereocenters. The monoisotopic (exact) mass is 235 g/mol. The fourth-order valence-electron chi connectivity index (χ4n) is 2.45. The van der Waals surface area contributed by atoms with E-state index in [0.717, 1.165) is 36.6 Å². The lowest BCUT2D eigenvalue weighted by Gasteiger charge is -2.39. The molecule has 1 fully saturated rings. The third-order valence-corrected chi connectivity index (χ3v) is 3.76. The van der Waals surface area contributed by atoms with Crippen LogP contribution in [0.5, 0.6) is 0 Å². The van der Waals surface area contributed by atoms with E-state index in [1.165, 1.54) is 12.0 Å². The number of aryl methyl sites for hydroxylation is 1. The summed E-state index contributed by atoms with van der Waals surface area (Å²) in [6.45, 7) is 4.18. The first-order chi connectivity index (χ1) is 8.16. The van der Waals surface area contributed by atoms with Gasteiger partial charge in [-0.05, 0) is 32.6 Å². The van der Waals surface area contributed by atoms with Gasteiger partial charge in [-0.25, -0.2) is 9.97 Å². The Bertz CT molecular complexity index is 408.